The number of rotatable bonds is 39. The monoisotopic (exact) mass is 829 g/mol. The van der Waals surface area contributed by atoms with Crippen molar-refractivity contribution in [1.82, 2.24) is 0 Å². The molecule has 1 aliphatic heterocycles. The number of allylic oxidation sites excluding steroid dienone is 3. The molecule has 0 aromatic heterocycles. The van der Waals surface area contributed by atoms with Gasteiger partial charge in [0.05, 0.1) is 32.2 Å². The second kappa shape index (κ2) is 36.1. The van der Waals surface area contributed by atoms with Gasteiger partial charge in [-0.1, -0.05) is 128 Å². The topological polar surface area (TPSA) is 117 Å². The fourth-order valence-corrected chi connectivity index (χ4v) is 7.99. The van der Waals surface area contributed by atoms with Gasteiger partial charge in [-0.15, -0.1) is 13.2 Å². The van der Waals surface area contributed by atoms with Gasteiger partial charge >= 0.3 is 13.8 Å². The van der Waals surface area contributed by atoms with Gasteiger partial charge in [0.15, 0.2) is 6.10 Å². The highest BCUT2D eigenvalue weighted by molar-refractivity contribution is 7.48. The van der Waals surface area contributed by atoms with Crippen molar-refractivity contribution in [3.8, 4) is 0 Å². The maximum absolute atomic E-state index is 14.0. The zero-order chi connectivity index (χ0) is 41.8. The molecular weight excluding hydrogens is 747 g/mol. The van der Waals surface area contributed by atoms with E-state index in [4.69, 9.17) is 42.0 Å². The first-order valence-electron chi connectivity index (χ1n) is 22.0. The van der Waals surface area contributed by atoms with Crippen LogP contribution in [0.25, 0.3) is 0 Å². The normalized spacial score (nSPS) is 20.6. The van der Waals surface area contributed by atoms with Crippen LogP contribution in [0.15, 0.2) is 49.8 Å². The van der Waals surface area contributed by atoms with Gasteiger partial charge in [-0.25, -0.2) is 4.57 Å². The van der Waals surface area contributed by atoms with Gasteiger partial charge in [0, 0.05) is 27.2 Å². The molecule has 11 nitrogen and oxygen atoms in total. The predicted molar refractivity (Wildman–Crippen MR) is 229 cm³/mol. The smallest absolute Gasteiger partial charge is 0.469 e. The van der Waals surface area contributed by atoms with Crippen LogP contribution in [0.4, 0.5) is 0 Å². The largest absolute Gasteiger partial charge is 0.475 e. The number of esters is 1. The third-order valence-electron chi connectivity index (χ3n) is 9.85. The van der Waals surface area contributed by atoms with Crippen molar-refractivity contribution in [2.45, 2.75) is 192 Å². The summed E-state index contributed by atoms with van der Waals surface area (Å²) in [5.74, 6) is -0.410. The standard InChI is InChI=1S/C45H81O11P/c1-8-13-15-17-18-19-20-21-22-23-24-25-26-28-30-32-41(46)55-44-43(50-37-33-39(49-7)31-29-27-16-14-9-2)42(40(38-48-6)54-45(44)51-34-10-3)56-57(47,52-35-11-4)53-36-12-5/h10-12,19-20,34,39-40,42-45H,4-5,8-9,13-18,21-33,35-38H2,1-3,6-7H3/b20-19-,34-10+/t39-,40-,42-,43+,44-,45?/m1/s1. The fraction of sp³-hybridized carbons (Fsp3) is 0.800. The molecule has 1 saturated heterocycles. The molecule has 0 spiro atoms. The second-order valence-corrected chi connectivity index (χ2v) is 16.4. The molecule has 1 fully saturated rings. The van der Waals surface area contributed by atoms with E-state index in [9.17, 15) is 9.36 Å². The number of hydrogen-bond acceptors (Lipinski definition) is 11. The predicted octanol–water partition coefficient (Wildman–Crippen LogP) is 11.9. The Morgan fingerprint density at radius 1 is 0.754 bits per heavy atom. The van der Waals surface area contributed by atoms with E-state index in [2.05, 4.69) is 39.2 Å². The van der Waals surface area contributed by atoms with Crippen LogP contribution in [0.2, 0.25) is 0 Å². The van der Waals surface area contributed by atoms with Crippen molar-refractivity contribution in [2.75, 3.05) is 40.6 Å². The number of unbranched alkanes of at least 4 members (excludes halogenated alkanes) is 15. The molecule has 12 heteroatoms. The van der Waals surface area contributed by atoms with Crippen LogP contribution in [0.3, 0.4) is 0 Å². The molecule has 0 aromatic carbocycles. The summed E-state index contributed by atoms with van der Waals surface area (Å²) in [4.78, 5) is 13.5. The molecule has 6 atom stereocenters. The summed E-state index contributed by atoms with van der Waals surface area (Å²) in [6, 6.07) is 0. The Hall–Kier alpha value is -1.82. The molecule has 0 aromatic rings. The molecule has 0 N–H and O–H groups in total. The average molecular weight is 829 g/mol. The van der Waals surface area contributed by atoms with Crippen molar-refractivity contribution in [3.05, 3.63) is 49.8 Å². The molecule has 0 bridgehead atoms. The fourth-order valence-electron chi connectivity index (χ4n) is 6.66. The molecule has 1 heterocycles. The SMILES string of the molecule is C=CCOP(=O)(OCC=C)O[C@H]1[C@H](OCC[C@@H](CCCCCCC)OC)[C@@H](OC(=O)CCCCCCCCC/C=C\CCCCCC)C(O/C=C/C)O[C@@H]1COC. The van der Waals surface area contributed by atoms with Gasteiger partial charge in [-0.05, 0) is 51.9 Å². The van der Waals surface area contributed by atoms with Crippen molar-refractivity contribution < 1.29 is 51.4 Å². The van der Waals surface area contributed by atoms with Gasteiger partial charge < -0.3 is 28.4 Å². The van der Waals surface area contributed by atoms with Crippen LogP contribution in [0.1, 0.15) is 156 Å². The van der Waals surface area contributed by atoms with E-state index in [1.165, 1.54) is 96.2 Å². The minimum absolute atomic E-state index is 0.0259. The molecule has 1 rings (SSSR count). The number of phosphoric acid groups is 1. The van der Waals surface area contributed by atoms with Crippen molar-refractivity contribution in [1.29, 1.82) is 0 Å². The van der Waals surface area contributed by atoms with Gasteiger partial charge in [-0.3, -0.25) is 18.4 Å². The first-order chi connectivity index (χ1) is 27.8. The Morgan fingerprint density at radius 3 is 1.91 bits per heavy atom. The van der Waals surface area contributed by atoms with E-state index in [1.54, 1.807) is 20.1 Å². The molecule has 1 unspecified atom stereocenters. The Kier molecular flexibility index (Phi) is 33.7. The minimum atomic E-state index is -4.23. The number of phosphoric ester groups is 1. The van der Waals surface area contributed by atoms with Gasteiger partial charge in [0.2, 0.25) is 6.29 Å². The number of hydrogen-bond donors (Lipinski definition) is 0. The Bertz CT molecular complexity index is 1080. The first kappa shape index (κ1) is 53.2. The lowest BCUT2D eigenvalue weighted by molar-refractivity contribution is -0.298. The molecule has 0 radical (unpaired) electrons. The van der Waals surface area contributed by atoms with Crippen LogP contribution in [0.5, 0.6) is 0 Å². The maximum atomic E-state index is 14.0. The Labute approximate surface area is 347 Å². The average Bonchev–Trinajstić information content (AvgIpc) is 3.21. The van der Waals surface area contributed by atoms with E-state index in [0.717, 1.165) is 44.9 Å². The molecular formula is C45H81O11P. The maximum Gasteiger partial charge on any atom is 0.475 e. The van der Waals surface area contributed by atoms with E-state index >= 15 is 0 Å². The minimum Gasteiger partial charge on any atom is -0.469 e. The molecule has 332 valence electrons. The summed E-state index contributed by atoms with van der Waals surface area (Å²) in [6.45, 7) is 13.6. The van der Waals surface area contributed by atoms with Crippen LogP contribution in [-0.2, 0) is 51.4 Å². The second-order valence-electron chi connectivity index (χ2n) is 14.8. The van der Waals surface area contributed by atoms with E-state index < -0.39 is 44.5 Å². The lowest BCUT2D eigenvalue weighted by Crippen LogP contribution is -2.62. The summed E-state index contributed by atoms with van der Waals surface area (Å²) < 4.78 is 67.6. The Morgan fingerprint density at radius 2 is 1.33 bits per heavy atom. The van der Waals surface area contributed by atoms with Gasteiger partial charge in [0.25, 0.3) is 0 Å². The summed E-state index contributed by atoms with van der Waals surface area (Å²) in [6.07, 6.45) is 28.2. The third-order valence-corrected chi connectivity index (χ3v) is 11.3. The number of carbonyl (C=O) groups is 1. The Balaban J connectivity index is 3.04. The van der Waals surface area contributed by atoms with E-state index in [0.29, 0.717) is 12.8 Å². The lowest BCUT2D eigenvalue weighted by Gasteiger charge is -2.45. The van der Waals surface area contributed by atoms with Crippen molar-refractivity contribution in [2.24, 2.45) is 0 Å². The highest BCUT2D eigenvalue weighted by atomic mass is 31.2. The van der Waals surface area contributed by atoms with E-state index in [1.807, 2.05) is 0 Å². The molecule has 0 amide bonds. The van der Waals surface area contributed by atoms with Gasteiger partial charge in [0.1, 0.15) is 18.3 Å². The molecule has 1 aliphatic rings. The lowest BCUT2D eigenvalue weighted by atomic mass is 9.98. The molecule has 0 aliphatic carbocycles. The zero-order valence-electron chi connectivity index (χ0n) is 36.5. The van der Waals surface area contributed by atoms with Crippen LogP contribution in [-0.4, -0.2) is 83.4 Å². The van der Waals surface area contributed by atoms with Crippen LogP contribution < -0.4 is 0 Å². The van der Waals surface area contributed by atoms with Crippen LogP contribution >= 0.6 is 7.82 Å². The zero-order valence-corrected chi connectivity index (χ0v) is 37.4. The summed E-state index contributed by atoms with van der Waals surface area (Å²) in [5, 5.41) is 0. The van der Waals surface area contributed by atoms with Gasteiger partial charge in [-0.2, -0.15) is 0 Å². The highest BCUT2D eigenvalue weighted by Gasteiger charge is 2.53. The van der Waals surface area contributed by atoms with Crippen LogP contribution in [0, 0.1) is 0 Å². The number of methoxy groups -OCH3 is 2. The first-order valence-corrected chi connectivity index (χ1v) is 23.5. The summed E-state index contributed by atoms with van der Waals surface area (Å²) in [7, 11) is -1.01. The van der Waals surface area contributed by atoms with E-state index in [-0.39, 0.29) is 39.0 Å². The highest BCUT2D eigenvalue weighted by Crippen LogP contribution is 2.52. The molecule has 0 saturated carbocycles. The van der Waals surface area contributed by atoms with Crippen molar-refractivity contribution >= 4 is 13.8 Å². The molecule has 57 heavy (non-hydrogen) atoms. The number of carbonyl (C=O) groups excluding carboxylic acids is 1. The number of ether oxygens (including phenoxy) is 6. The quantitative estimate of drug-likeness (QED) is 0.0194. The third kappa shape index (κ3) is 25.4. The summed E-state index contributed by atoms with van der Waals surface area (Å²) >= 11 is 0. The van der Waals surface area contributed by atoms with Crippen molar-refractivity contribution in [3.63, 3.8) is 0 Å². The summed E-state index contributed by atoms with van der Waals surface area (Å²) in [5.41, 5.74) is 0.